The molecule has 1 saturated heterocycles. The van der Waals surface area contributed by atoms with Gasteiger partial charge in [0.25, 0.3) is 0 Å². The largest absolute Gasteiger partial charge is 0.506 e. The number of benzene rings is 1. The van der Waals surface area contributed by atoms with Crippen LogP contribution in [0.1, 0.15) is 0 Å². The zero-order valence-electron chi connectivity index (χ0n) is 9.20. The summed E-state index contributed by atoms with van der Waals surface area (Å²) in [5, 5.41) is 12.9. The van der Waals surface area contributed by atoms with Crippen molar-refractivity contribution in [3.63, 3.8) is 0 Å². The van der Waals surface area contributed by atoms with E-state index < -0.39 is 0 Å². The first kappa shape index (κ1) is 10.1. The number of nitrogens with zero attached hydrogens (tertiary/aromatic N) is 2. The quantitative estimate of drug-likeness (QED) is 0.763. The fraction of sp³-hybridized carbons (Fsp3) is 0.455. The summed E-state index contributed by atoms with van der Waals surface area (Å²) in [4.78, 5) is 4.40. The van der Waals surface area contributed by atoms with E-state index in [4.69, 9.17) is 0 Å². The van der Waals surface area contributed by atoms with Gasteiger partial charge < -0.3 is 15.3 Å². The third-order valence-corrected chi connectivity index (χ3v) is 2.77. The van der Waals surface area contributed by atoms with Gasteiger partial charge in [-0.15, -0.1) is 0 Å². The molecule has 1 aromatic carbocycles. The highest BCUT2D eigenvalue weighted by molar-refractivity contribution is 5.64. The van der Waals surface area contributed by atoms with E-state index in [0.717, 1.165) is 31.1 Å². The summed E-state index contributed by atoms with van der Waals surface area (Å²) in [6.07, 6.45) is 0. The standard InChI is InChI=1S/C11H17N3O/c1-12-9-3-4-10(11(15)7-9)14-6-5-13(2)8-14/h3-4,7,12,15H,5-6,8H2,1-2H3. The fourth-order valence-electron chi connectivity index (χ4n) is 1.87. The molecule has 0 amide bonds. The number of aromatic hydroxyl groups is 1. The van der Waals surface area contributed by atoms with Gasteiger partial charge in [0, 0.05) is 31.9 Å². The van der Waals surface area contributed by atoms with Crippen molar-refractivity contribution in [3.8, 4) is 5.75 Å². The van der Waals surface area contributed by atoms with E-state index in [1.54, 1.807) is 6.07 Å². The molecule has 0 spiro atoms. The lowest BCUT2D eigenvalue weighted by Crippen LogP contribution is -2.22. The molecule has 1 aromatic rings. The Morgan fingerprint density at radius 2 is 2.13 bits per heavy atom. The average Bonchev–Trinajstić information content (AvgIpc) is 2.64. The van der Waals surface area contributed by atoms with Crippen molar-refractivity contribution < 1.29 is 5.11 Å². The van der Waals surface area contributed by atoms with Crippen molar-refractivity contribution in [2.45, 2.75) is 0 Å². The van der Waals surface area contributed by atoms with Crippen LogP contribution in [0, 0.1) is 0 Å². The van der Waals surface area contributed by atoms with E-state index in [0.29, 0.717) is 5.75 Å². The van der Waals surface area contributed by atoms with Crippen LogP contribution in [0.3, 0.4) is 0 Å². The van der Waals surface area contributed by atoms with Gasteiger partial charge in [0.05, 0.1) is 12.4 Å². The predicted molar refractivity (Wildman–Crippen MR) is 62.5 cm³/mol. The number of phenolic OH excluding ortho intramolecular Hbond substituents is 1. The first-order valence-electron chi connectivity index (χ1n) is 5.15. The van der Waals surface area contributed by atoms with Crippen LogP contribution in [-0.2, 0) is 0 Å². The van der Waals surface area contributed by atoms with E-state index in [1.165, 1.54) is 0 Å². The Morgan fingerprint density at radius 3 is 2.67 bits per heavy atom. The number of hydrogen-bond acceptors (Lipinski definition) is 4. The number of rotatable bonds is 2. The Kier molecular flexibility index (Phi) is 2.68. The predicted octanol–water partition coefficient (Wildman–Crippen LogP) is 1.14. The Morgan fingerprint density at radius 1 is 1.33 bits per heavy atom. The van der Waals surface area contributed by atoms with E-state index in [9.17, 15) is 5.11 Å². The second-order valence-electron chi connectivity index (χ2n) is 3.94. The maximum absolute atomic E-state index is 9.87. The lowest BCUT2D eigenvalue weighted by atomic mass is 10.2. The minimum absolute atomic E-state index is 0.345. The molecule has 1 aliphatic heterocycles. The average molecular weight is 207 g/mol. The molecule has 0 bridgehead atoms. The molecule has 0 saturated carbocycles. The Hall–Kier alpha value is -1.42. The summed E-state index contributed by atoms with van der Waals surface area (Å²) < 4.78 is 0. The molecule has 1 heterocycles. The molecule has 2 rings (SSSR count). The van der Waals surface area contributed by atoms with Crippen LogP contribution in [0.2, 0.25) is 0 Å². The summed E-state index contributed by atoms with van der Waals surface area (Å²) in [5.74, 6) is 0.345. The topological polar surface area (TPSA) is 38.7 Å². The molecular formula is C11H17N3O. The smallest absolute Gasteiger partial charge is 0.140 e. The van der Waals surface area contributed by atoms with Crippen molar-refractivity contribution in [2.24, 2.45) is 0 Å². The summed E-state index contributed by atoms with van der Waals surface area (Å²) >= 11 is 0. The van der Waals surface area contributed by atoms with Gasteiger partial charge in [-0.05, 0) is 19.2 Å². The summed E-state index contributed by atoms with van der Waals surface area (Å²) in [6.45, 7) is 2.91. The van der Waals surface area contributed by atoms with Gasteiger partial charge in [-0.25, -0.2) is 0 Å². The maximum atomic E-state index is 9.87. The molecule has 4 nitrogen and oxygen atoms in total. The van der Waals surface area contributed by atoms with Gasteiger partial charge in [0.2, 0.25) is 0 Å². The molecule has 1 fully saturated rings. The van der Waals surface area contributed by atoms with E-state index in [2.05, 4.69) is 22.2 Å². The van der Waals surface area contributed by atoms with Crippen molar-refractivity contribution in [1.29, 1.82) is 0 Å². The molecule has 82 valence electrons. The van der Waals surface area contributed by atoms with Crippen LogP contribution in [0.15, 0.2) is 18.2 Å². The molecule has 4 heteroatoms. The lowest BCUT2D eigenvalue weighted by molar-refractivity contribution is 0.419. The Bertz CT molecular complexity index is 354. The molecule has 0 radical (unpaired) electrons. The van der Waals surface area contributed by atoms with Gasteiger partial charge in [-0.1, -0.05) is 0 Å². The van der Waals surface area contributed by atoms with Crippen molar-refractivity contribution in [2.75, 3.05) is 44.1 Å². The van der Waals surface area contributed by atoms with E-state index >= 15 is 0 Å². The lowest BCUT2D eigenvalue weighted by Gasteiger charge is -2.19. The molecule has 15 heavy (non-hydrogen) atoms. The van der Waals surface area contributed by atoms with Gasteiger partial charge in [0.1, 0.15) is 5.75 Å². The number of phenols is 1. The highest BCUT2D eigenvalue weighted by atomic mass is 16.3. The van der Waals surface area contributed by atoms with Crippen molar-refractivity contribution in [3.05, 3.63) is 18.2 Å². The van der Waals surface area contributed by atoms with Crippen molar-refractivity contribution in [1.82, 2.24) is 4.90 Å². The molecule has 2 N–H and O–H groups in total. The second kappa shape index (κ2) is 3.98. The van der Waals surface area contributed by atoms with Crippen molar-refractivity contribution >= 4 is 11.4 Å². The number of likely N-dealkylation sites (N-methyl/N-ethyl adjacent to an activating group) is 1. The molecule has 0 atom stereocenters. The molecular weight excluding hydrogens is 190 g/mol. The fourth-order valence-corrected chi connectivity index (χ4v) is 1.87. The van der Waals surface area contributed by atoms with Gasteiger partial charge in [0.15, 0.2) is 0 Å². The van der Waals surface area contributed by atoms with Crippen LogP contribution in [0.25, 0.3) is 0 Å². The zero-order valence-corrected chi connectivity index (χ0v) is 9.20. The molecule has 0 aromatic heterocycles. The minimum Gasteiger partial charge on any atom is -0.506 e. The van der Waals surface area contributed by atoms with Crippen LogP contribution in [0.4, 0.5) is 11.4 Å². The van der Waals surface area contributed by atoms with Gasteiger partial charge in [-0.3, -0.25) is 4.90 Å². The minimum atomic E-state index is 0.345. The van der Waals surface area contributed by atoms with Gasteiger partial charge in [-0.2, -0.15) is 0 Å². The Labute approximate surface area is 90.1 Å². The molecule has 0 aliphatic carbocycles. The number of anilines is 2. The summed E-state index contributed by atoms with van der Waals surface area (Å²) in [6, 6.07) is 5.70. The second-order valence-corrected chi connectivity index (χ2v) is 3.94. The highest BCUT2D eigenvalue weighted by Crippen LogP contribution is 2.31. The van der Waals surface area contributed by atoms with Crippen LogP contribution < -0.4 is 10.2 Å². The highest BCUT2D eigenvalue weighted by Gasteiger charge is 2.19. The summed E-state index contributed by atoms with van der Waals surface area (Å²) in [7, 11) is 3.93. The van der Waals surface area contributed by atoms with Crippen LogP contribution in [0.5, 0.6) is 5.75 Å². The maximum Gasteiger partial charge on any atom is 0.140 e. The monoisotopic (exact) mass is 207 g/mol. The first-order chi connectivity index (χ1) is 7.20. The van der Waals surface area contributed by atoms with E-state index in [1.807, 2.05) is 19.2 Å². The number of hydrogen-bond donors (Lipinski definition) is 2. The van der Waals surface area contributed by atoms with Crippen LogP contribution in [-0.4, -0.2) is 43.9 Å². The summed E-state index contributed by atoms with van der Waals surface area (Å²) in [5.41, 5.74) is 1.85. The normalized spacial score (nSPS) is 17.1. The third kappa shape index (κ3) is 1.99. The third-order valence-electron chi connectivity index (χ3n) is 2.77. The van der Waals surface area contributed by atoms with E-state index in [-0.39, 0.29) is 0 Å². The zero-order chi connectivity index (χ0) is 10.8. The molecule has 1 aliphatic rings. The SMILES string of the molecule is CNc1ccc(N2CCN(C)C2)c(O)c1. The van der Waals surface area contributed by atoms with Crippen LogP contribution >= 0.6 is 0 Å². The first-order valence-corrected chi connectivity index (χ1v) is 5.15. The molecule has 0 unspecified atom stereocenters. The van der Waals surface area contributed by atoms with Gasteiger partial charge >= 0.3 is 0 Å². The Balaban J connectivity index is 2.21. The number of nitrogens with one attached hydrogen (secondary N) is 1.